The van der Waals surface area contributed by atoms with E-state index < -0.39 is 28.5 Å². The van der Waals surface area contributed by atoms with E-state index in [9.17, 15) is 18.0 Å². The van der Waals surface area contributed by atoms with E-state index in [2.05, 4.69) is 5.32 Å². The van der Waals surface area contributed by atoms with Crippen LogP contribution in [0, 0.1) is 13.8 Å². The molecule has 0 aliphatic rings. The molecule has 3 aromatic rings. The van der Waals surface area contributed by atoms with Crippen molar-refractivity contribution >= 4 is 50.7 Å². The number of hydrogen-bond acceptors (Lipinski definition) is 4. The molecule has 0 radical (unpaired) electrons. The molecule has 0 aliphatic carbocycles. The molecule has 0 spiro atoms. The van der Waals surface area contributed by atoms with Gasteiger partial charge in [-0.2, -0.15) is 0 Å². The maximum Gasteiger partial charge on any atom is 0.264 e. The molecule has 0 saturated carbocycles. The second-order valence-corrected chi connectivity index (χ2v) is 12.7. The summed E-state index contributed by atoms with van der Waals surface area (Å²) >= 11 is 12.4. The first-order chi connectivity index (χ1) is 19.5. The highest BCUT2D eigenvalue weighted by Crippen LogP contribution is 2.31. The smallest absolute Gasteiger partial charge is 0.264 e. The first-order valence-electron chi connectivity index (χ1n) is 13.6. The van der Waals surface area contributed by atoms with E-state index in [1.807, 2.05) is 52.0 Å². The second-order valence-electron chi connectivity index (χ2n) is 10.00. The van der Waals surface area contributed by atoms with Crippen molar-refractivity contribution in [2.45, 2.75) is 64.4 Å². The Balaban J connectivity index is 2.05. The molecule has 10 heteroatoms. The Labute approximate surface area is 253 Å². The van der Waals surface area contributed by atoms with Gasteiger partial charge in [-0.1, -0.05) is 91.0 Å². The van der Waals surface area contributed by atoms with Crippen LogP contribution in [0.3, 0.4) is 0 Å². The summed E-state index contributed by atoms with van der Waals surface area (Å²) in [6.07, 6.45) is 2.08. The summed E-state index contributed by atoms with van der Waals surface area (Å²) in [6, 6.07) is 17.7. The number of rotatable bonds is 13. The zero-order valence-electron chi connectivity index (χ0n) is 23.9. The van der Waals surface area contributed by atoms with Crippen LogP contribution in [-0.4, -0.2) is 44.3 Å². The van der Waals surface area contributed by atoms with Gasteiger partial charge in [0.25, 0.3) is 10.0 Å². The van der Waals surface area contributed by atoms with Crippen LogP contribution < -0.4 is 9.62 Å². The fraction of sp³-hybridized carbons (Fsp3) is 0.355. The third-order valence-corrected chi connectivity index (χ3v) is 9.30. The van der Waals surface area contributed by atoms with Gasteiger partial charge in [-0.15, -0.1) is 0 Å². The lowest BCUT2D eigenvalue weighted by atomic mass is 10.1. The minimum atomic E-state index is -4.19. The van der Waals surface area contributed by atoms with E-state index in [1.165, 1.54) is 35.2 Å². The van der Waals surface area contributed by atoms with Crippen molar-refractivity contribution in [1.82, 2.24) is 10.2 Å². The summed E-state index contributed by atoms with van der Waals surface area (Å²) in [6.45, 7) is 7.78. The van der Waals surface area contributed by atoms with Gasteiger partial charge in [0.2, 0.25) is 11.8 Å². The Hall–Kier alpha value is -3.07. The van der Waals surface area contributed by atoms with E-state index in [0.29, 0.717) is 13.0 Å². The zero-order valence-corrected chi connectivity index (χ0v) is 26.2. The molecule has 41 heavy (non-hydrogen) atoms. The normalized spacial score (nSPS) is 12.0. The van der Waals surface area contributed by atoms with Gasteiger partial charge in [0, 0.05) is 13.1 Å². The van der Waals surface area contributed by atoms with Crippen LogP contribution in [0.5, 0.6) is 0 Å². The predicted octanol–water partition coefficient (Wildman–Crippen LogP) is 6.53. The summed E-state index contributed by atoms with van der Waals surface area (Å²) in [5.74, 6) is -0.797. The van der Waals surface area contributed by atoms with Gasteiger partial charge in [0.05, 0.1) is 20.6 Å². The predicted molar refractivity (Wildman–Crippen MR) is 166 cm³/mol. The number of nitrogens with one attached hydrogen (secondary N) is 1. The van der Waals surface area contributed by atoms with Crippen LogP contribution in [-0.2, 0) is 26.2 Å². The Kier molecular flexibility index (Phi) is 11.6. The van der Waals surface area contributed by atoms with Crippen LogP contribution >= 0.6 is 23.2 Å². The number of aryl methyl sites for hydroxylation is 2. The Morgan fingerprint density at radius 2 is 1.49 bits per heavy atom. The molecule has 7 nitrogen and oxygen atoms in total. The fourth-order valence-corrected chi connectivity index (χ4v) is 6.02. The molecule has 1 N–H and O–H groups in total. The maximum atomic E-state index is 14.1. The number of sulfonamides is 1. The molecule has 3 rings (SSSR count). The van der Waals surface area contributed by atoms with E-state index in [4.69, 9.17) is 23.2 Å². The van der Waals surface area contributed by atoms with Crippen molar-refractivity contribution in [1.29, 1.82) is 0 Å². The average Bonchev–Trinajstić information content (AvgIpc) is 2.94. The third-order valence-electron chi connectivity index (χ3n) is 6.77. The molecule has 220 valence electrons. The number of hydrogen-bond donors (Lipinski definition) is 1. The molecule has 0 bridgehead atoms. The molecule has 0 fully saturated rings. The Bertz CT molecular complexity index is 1450. The number of halogens is 2. The molecule has 0 aromatic heterocycles. The summed E-state index contributed by atoms with van der Waals surface area (Å²) in [5.41, 5.74) is 2.96. The van der Waals surface area contributed by atoms with Crippen molar-refractivity contribution in [3.63, 3.8) is 0 Å². The van der Waals surface area contributed by atoms with E-state index in [1.54, 1.807) is 12.1 Å². The fourth-order valence-electron chi connectivity index (χ4n) is 4.32. The molecule has 2 amide bonds. The standard InChI is InChI=1S/C31H37Cl2N3O4S/c1-5-7-18-34-31(38)29(6-2)35(20-24-12-8-22(3)9-13-24)30(37)21-36(25-14-17-27(32)28(33)19-25)41(39,40)26-15-10-23(4)11-16-26/h8-17,19,29H,5-7,18,20-21H2,1-4H3,(H,34,38). The third kappa shape index (κ3) is 8.47. The van der Waals surface area contributed by atoms with Crippen molar-refractivity contribution in [3.8, 4) is 0 Å². The molecule has 0 heterocycles. The van der Waals surface area contributed by atoms with E-state index in [-0.39, 0.29) is 33.1 Å². The van der Waals surface area contributed by atoms with Gasteiger partial charge in [-0.05, 0) is 62.6 Å². The van der Waals surface area contributed by atoms with Gasteiger partial charge in [-0.25, -0.2) is 8.42 Å². The van der Waals surface area contributed by atoms with Gasteiger partial charge in [0.1, 0.15) is 12.6 Å². The first-order valence-corrected chi connectivity index (χ1v) is 15.8. The largest absolute Gasteiger partial charge is 0.354 e. The minimum absolute atomic E-state index is 0.0245. The SMILES string of the molecule is CCCCNC(=O)C(CC)N(Cc1ccc(C)cc1)C(=O)CN(c1ccc(Cl)c(Cl)c1)S(=O)(=O)c1ccc(C)cc1. The number of amides is 2. The van der Waals surface area contributed by atoms with E-state index >= 15 is 0 Å². The van der Waals surface area contributed by atoms with Crippen LogP contribution in [0.2, 0.25) is 10.0 Å². The van der Waals surface area contributed by atoms with Crippen LogP contribution in [0.25, 0.3) is 0 Å². The maximum absolute atomic E-state index is 14.1. The van der Waals surface area contributed by atoms with Gasteiger partial charge in [0.15, 0.2) is 0 Å². The lowest BCUT2D eigenvalue weighted by Gasteiger charge is -2.33. The molecule has 0 saturated heterocycles. The quantitative estimate of drug-likeness (QED) is 0.221. The Morgan fingerprint density at radius 3 is 2.05 bits per heavy atom. The molecule has 1 unspecified atom stereocenters. The second kappa shape index (κ2) is 14.7. The summed E-state index contributed by atoms with van der Waals surface area (Å²) in [4.78, 5) is 28.8. The van der Waals surface area contributed by atoms with Crippen molar-refractivity contribution in [2.24, 2.45) is 0 Å². The lowest BCUT2D eigenvalue weighted by Crippen LogP contribution is -2.52. The highest BCUT2D eigenvalue weighted by atomic mass is 35.5. The zero-order chi connectivity index (χ0) is 30.2. The summed E-state index contributed by atoms with van der Waals surface area (Å²) < 4.78 is 28.9. The summed E-state index contributed by atoms with van der Waals surface area (Å²) in [5, 5.41) is 3.33. The summed E-state index contributed by atoms with van der Waals surface area (Å²) in [7, 11) is -4.19. The number of anilines is 1. The minimum Gasteiger partial charge on any atom is -0.354 e. The average molecular weight is 619 g/mol. The molecular weight excluding hydrogens is 581 g/mol. The van der Waals surface area contributed by atoms with Crippen molar-refractivity contribution < 1.29 is 18.0 Å². The number of nitrogens with zero attached hydrogens (tertiary/aromatic N) is 2. The van der Waals surface area contributed by atoms with Gasteiger partial charge >= 0.3 is 0 Å². The number of carbonyl (C=O) groups is 2. The monoisotopic (exact) mass is 617 g/mol. The van der Waals surface area contributed by atoms with Crippen molar-refractivity contribution in [2.75, 3.05) is 17.4 Å². The van der Waals surface area contributed by atoms with Crippen LogP contribution in [0.4, 0.5) is 5.69 Å². The topological polar surface area (TPSA) is 86.8 Å². The van der Waals surface area contributed by atoms with Crippen LogP contribution in [0.1, 0.15) is 49.8 Å². The molecule has 1 atom stereocenters. The Morgan fingerprint density at radius 1 is 0.878 bits per heavy atom. The van der Waals surface area contributed by atoms with E-state index in [0.717, 1.165) is 33.8 Å². The van der Waals surface area contributed by atoms with Crippen molar-refractivity contribution in [3.05, 3.63) is 93.5 Å². The number of benzene rings is 3. The van der Waals surface area contributed by atoms with Gasteiger partial charge < -0.3 is 10.2 Å². The number of unbranched alkanes of at least 4 members (excludes halogenated alkanes) is 1. The lowest BCUT2D eigenvalue weighted by molar-refractivity contribution is -0.140. The first kappa shape index (κ1) is 32.4. The molecule has 3 aromatic carbocycles. The molecular formula is C31H37Cl2N3O4S. The highest BCUT2D eigenvalue weighted by molar-refractivity contribution is 7.92. The number of carbonyl (C=O) groups excluding carboxylic acids is 2. The van der Waals surface area contributed by atoms with Crippen LogP contribution in [0.15, 0.2) is 71.6 Å². The molecule has 0 aliphatic heterocycles. The highest BCUT2D eigenvalue weighted by Gasteiger charge is 2.33. The van der Waals surface area contributed by atoms with Gasteiger partial charge in [-0.3, -0.25) is 13.9 Å².